The molecule has 0 saturated heterocycles. The Hall–Kier alpha value is -1.10. The zero-order valence-corrected chi connectivity index (χ0v) is 15.1. The van der Waals surface area contributed by atoms with Gasteiger partial charge in [0.05, 0.1) is 10.7 Å². The van der Waals surface area contributed by atoms with Crippen LogP contribution < -0.4 is 10.6 Å². The number of nitrogens with zero attached hydrogens (tertiary/aromatic N) is 2. The fourth-order valence-electron chi connectivity index (χ4n) is 3.03. The summed E-state index contributed by atoms with van der Waals surface area (Å²) in [5.74, 6) is 1.83. The van der Waals surface area contributed by atoms with Gasteiger partial charge in [-0.25, -0.2) is 4.98 Å². The summed E-state index contributed by atoms with van der Waals surface area (Å²) in [4.78, 5) is 10.2. The van der Waals surface area contributed by atoms with E-state index in [1.165, 1.54) is 48.4 Å². The van der Waals surface area contributed by atoms with Crippen LogP contribution in [0.2, 0.25) is 0 Å². The zero-order chi connectivity index (χ0) is 15.8. The van der Waals surface area contributed by atoms with Crippen LogP contribution in [-0.4, -0.2) is 31.1 Å². The summed E-state index contributed by atoms with van der Waals surface area (Å²) in [6, 6.07) is 0. The molecule has 1 aromatic rings. The molecule has 0 spiro atoms. The lowest BCUT2D eigenvalue weighted by Gasteiger charge is -2.22. The van der Waals surface area contributed by atoms with Crippen molar-refractivity contribution in [2.45, 2.75) is 58.8 Å². The number of thiazole rings is 1. The quantitative estimate of drug-likeness (QED) is 0.623. The van der Waals surface area contributed by atoms with Crippen molar-refractivity contribution >= 4 is 17.3 Å². The molecule has 1 heterocycles. The number of hydrogen-bond donors (Lipinski definition) is 2. The van der Waals surface area contributed by atoms with E-state index in [0.717, 1.165) is 37.1 Å². The first-order valence-corrected chi connectivity index (χ1v) is 9.38. The highest BCUT2D eigenvalue weighted by Crippen LogP contribution is 2.25. The molecule has 2 N–H and O–H groups in total. The second kappa shape index (κ2) is 9.13. The van der Waals surface area contributed by atoms with Crippen LogP contribution in [0.15, 0.2) is 4.99 Å². The Morgan fingerprint density at radius 2 is 1.91 bits per heavy atom. The van der Waals surface area contributed by atoms with Crippen LogP contribution in [0.3, 0.4) is 0 Å². The van der Waals surface area contributed by atoms with Gasteiger partial charge in [-0.15, -0.1) is 11.3 Å². The summed E-state index contributed by atoms with van der Waals surface area (Å²) in [6.07, 6.45) is 9.33. The molecule has 1 fully saturated rings. The third-order valence-corrected chi connectivity index (χ3v) is 5.63. The average Bonchev–Trinajstić information content (AvgIpc) is 2.85. The first-order chi connectivity index (χ1) is 10.7. The lowest BCUT2D eigenvalue weighted by Crippen LogP contribution is -2.39. The number of rotatable bonds is 6. The van der Waals surface area contributed by atoms with Gasteiger partial charge < -0.3 is 10.6 Å². The molecule has 22 heavy (non-hydrogen) atoms. The highest BCUT2D eigenvalue weighted by Gasteiger charge is 2.12. The van der Waals surface area contributed by atoms with Crippen LogP contribution >= 0.6 is 11.3 Å². The van der Waals surface area contributed by atoms with Gasteiger partial charge in [-0.2, -0.15) is 0 Å². The second-order valence-corrected chi connectivity index (χ2v) is 7.51. The normalized spacial score (nSPS) is 16.8. The van der Waals surface area contributed by atoms with Crippen LogP contribution in [0.5, 0.6) is 0 Å². The van der Waals surface area contributed by atoms with Crippen molar-refractivity contribution in [2.24, 2.45) is 10.9 Å². The molecule has 0 unspecified atom stereocenters. The maximum Gasteiger partial charge on any atom is 0.190 e. The Kier molecular flexibility index (Phi) is 7.16. The first-order valence-electron chi connectivity index (χ1n) is 8.56. The lowest BCUT2D eigenvalue weighted by atomic mass is 9.87. The van der Waals surface area contributed by atoms with Gasteiger partial charge in [0.1, 0.15) is 0 Å². The Labute approximate surface area is 138 Å². The Morgan fingerprint density at radius 3 is 2.55 bits per heavy atom. The molecular formula is C17H30N4S. The summed E-state index contributed by atoms with van der Waals surface area (Å²) in [5.41, 5.74) is 1.16. The number of guanidine groups is 1. The van der Waals surface area contributed by atoms with Gasteiger partial charge in [-0.3, -0.25) is 4.99 Å². The topological polar surface area (TPSA) is 49.3 Å². The van der Waals surface area contributed by atoms with Gasteiger partial charge >= 0.3 is 0 Å². The molecule has 5 heteroatoms. The van der Waals surface area contributed by atoms with Gasteiger partial charge in [-0.05, 0) is 26.2 Å². The summed E-state index contributed by atoms with van der Waals surface area (Å²) in [5, 5.41) is 8.04. The van der Waals surface area contributed by atoms with Crippen molar-refractivity contribution in [2.75, 3.05) is 20.1 Å². The smallest absolute Gasteiger partial charge is 0.190 e. The van der Waals surface area contributed by atoms with E-state index in [2.05, 4.69) is 34.5 Å². The van der Waals surface area contributed by atoms with E-state index < -0.39 is 0 Å². The van der Waals surface area contributed by atoms with E-state index in [4.69, 9.17) is 0 Å². The molecule has 1 aliphatic rings. The summed E-state index contributed by atoms with van der Waals surface area (Å²) < 4.78 is 0. The number of aromatic nitrogens is 1. The van der Waals surface area contributed by atoms with Gasteiger partial charge in [0.25, 0.3) is 0 Å². The summed E-state index contributed by atoms with van der Waals surface area (Å²) in [7, 11) is 1.84. The van der Waals surface area contributed by atoms with E-state index >= 15 is 0 Å². The maximum absolute atomic E-state index is 4.57. The van der Waals surface area contributed by atoms with Crippen molar-refractivity contribution in [3.05, 3.63) is 15.6 Å². The van der Waals surface area contributed by atoms with E-state index in [-0.39, 0.29) is 0 Å². The Bertz CT molecular complexity index is 456. The second-order valence-electron chi connectivity index (χ2n) is 6.22. The molecule has 4 nitrogen and oxygen atoms in total. The molecule has 0 amide bonds. The highest BCUT2D eigenvalue weighted by atomic mass is 32.1. The molecule has 2 rings (SSSR count). The van der Waals surface area contributed by atoms with Crippen molar-refractivity contribution < 1.29 is 0 Å². The van der Waals surface area contributed by atoms with Crippen molar-refractivity contribution in [3.8, 4) is 0 Å². The van der Waals surface area contributed by atoms with Crippen LogP contribution in [0.4, 0.5) is 0 Å². The molecule has 1 aromatic heterocycles. The van der Waals surface area contributed by atoms with Crippen molar-refractivity contribution in [3.63, 3.8) is 0 Å². The monoisotopic (exact) mass is 322 g/mol. The number of aliphatic imine (C=N–C) groups is 1. The zero-order valence-electron chi connectivity index (χ0n) is 14.2. The van der Waals surface area contributed by atoms with E-state index in [1.807, 2.05) is 7.05 Å². The highest BCUT2D eigenvalue weighted by molar-refractivity contribution is 7.11. The van der Waals surface area contributed by atoms with E-state index in [9.17, 15) is 0 Å². The van der Waals surface area contributed by atoms with Crippen LogP contribution in [-0.2, 0) is 6.42 Å². The molecule has 0 atom stereocenters. The third-order valence-electron chi connectivity index (χ3n) is 4.50. The minimum Gasteiger partial charge on any atom is -0.356 e. The SMILES string of the molecule is CN=C(NCCc1nc(C)c(C)s1)NCCC1CCCCC1. The third kappa shape index (κ3) is 5.59. The Balaban J connectivity index is 1.62. The summed E-state index contributed by atoms with van der Waals surface area (Å²) in [6.45, 7) is 6.12. The van der Waals surface area contributed by atoms with Crippen LogP contribution in [0.25, 0.3) is 0 Å². The summed E-state index contributed by atoms with van der Waals surface area (Å²) >= 11 is 1.80. The van der Waals surface area contributed by atoms with Gasteiger partial charge in [0.2, 0.25) is 0 Å². The van der Waals surface area contributed by atoms with E-state index in [1.54, 1.807) is 11.3 Å². The minimum atomic E-state index is 0.884. The van der Waals surface area contributed by atoms with Gasteiger partial charge in [0, 0.05) is 31.4 Å². The fourth-order valence-corrected chi connectivity index (χ4v) is 3.96. The van der Waals surface area contributed by atoms with Gasteiger partial charge in [0.15, 0.2) is 5.96 Å². The first kappa shape index (κ1) is 17.3. The maximum atomic E-state index is 4.57. The molecule has 1 saturated carbocycles. The minimum absolute atomic E-state index is 0.884. The molecule has 1 aliphatic carbocycles. The molecule has 0 bridgehead atoms. The van der Waals surface area contributed by atoms with Crippen molar-refractivity contribution in [1.29, 1.82) is 0 Å². The fraction of sp³-hybridized carbons (Fsp3) is 0.765. The van der Waals surface area contributed by atoms with Crippen LogP contribution in [0, 0.1) is 19.8 Å². The average molecular weight is 323 g/mol. The largest absolute Gasteiger partial charge is 0.356 e. The Morgan fingerprint density at radius 1 is 1.18 bits per heavy atom. The van der Waals surface area contributed by atoms with Crippen LogP contribution in [0.1, 0.15) is 54.1 Å². The molecule has 0 aromatic carbocycles. The number of hydrogen-bond acceptors (Lipinski definition) is 3. The predicted octanol–water partition coefficient (Wildman–Crippen LogP) is 3.44. The lowest BCUT2D eigenvalue weighted by molar-refractivity contribution is 0.339. The number of nitrogens with one attached hydrogen (secondary N) is 2. The van der Waals surface area contributed by atoms with Crippen molar-refractivity contribution in [1.82, 2.24) is 15.6 Å². The number of aryl methyl sites for hydroxylation is 2. The van der Waals surface area contributed by atoms with Gasteiger partial charge in [-0.1, -0.05) is 32.1 Å². The van der Waals surface area contributed by atoms with E-state index in [0.29, 0.717) is 0 Å². The predicted molar refractivity (Wildman–Crippen MR) is 95.8 cm³/mol. The molecule has 0 radical (unpaired) electrons. The molecule has 124 valence electrons. The molecule has 0 aliphatic heterocycles. The standard InChI is InChI=1S/C17H30N4S/c1-13-14(2)22-16(21-13)10-12-20-17(18-3)19-11-9-15-7-5-4-6-8-15/h15H,4-12H2,1-3H3,(H2,18,19,20). The molecular weight excluding hydrogens is 292 g/mol.